The van der Waals surface area contributed by atoms with Gasteiger partial charge in [-0.1, -0.05) is 29.3 Å². The first kappa shape index (κ1) is 20.8. The molecular formula is C24H21N7OS. The third-order valence-electron chi connectivity index (χ3n) is 5.37. The van der Waals surface area contributed by atoms with E-state index in [0.29, 0.717) is 18.9 Å². The normalized spacial score (nSPS) is 11.8. The van der Waals surface area contributed by atoms with E-state index in [9.17, 15) is 0 Å². The van der Waals surface area contributed by atoms with Gasteiger partial charge in [0.2, 0.25) is 0 Å². The maximum Gasteiger partial charge on any atom is 0.176 e. The number of nitrogens with one attached hydrogen (secondary N) is 1. The maximum atomic E-state index is 6.07. The van der Waals surface area contributed by atoms with Gasteiger partial charge in [0, 0.05) is 34.5 Å². The van der Waals surface area contributed by atoms with Crippen LogP contribution in [0, 0.1) is 11.8 Å². The first-order valence-corrected chi connectivity index (χ1v) is 11.3. The Labute approximate surface area is 194 Å². The van der Waals surface area contributed by atoms with E-state index in [2.05, 4.69) is 66.1 Å². The Balaban J connectivity index is 1.30. The Kier molecular flexibility index (Phi) is 5.83. The molecule has 0 saturated heterocycles. The number of aromatic nitrogens is 7. The summed E-state index contributed by atoms with van der Waals surface area (Å²) < 4.78 is 9.07. The van der Waals surface area contributed by atoms with E-state index < -0.39 is 0 Å². The molecule has 5 rings (SSSR count). The topological polar surface area (TPSA) is 94.4 Å². The lowest BCUT2D eigenvalue weighted by atomic mass is 9.96. The molecule has 0 aliphatic rings. The molecule has 0 radical (unpaired) electrons. The van der Waals surface area contributed by atoms with Crippen LogP contribution in [0.4, 0.5) is 0 Å². The number of hydrogen-bond acceptors (Lipinski definition) is 7. The van der Waals surface area contributed by atoms with Crippen molar-refractivity contribution >= 4 is 21.4 Å². The van der Waals surface area contributed by atoms with E-state index in [1.165, 1.54) is 4.70 Å². The second kappa shape index (κ2) is 9.22. The number of tetrazole rings is 1. The lowest BCUT2D eigenvalue weighted by molar-refractivity contribution is 0.306. The van der Waals surface area contributed by atoms with Gasteiger partial charge in [-0.15, -0.1) is 27.5 Å². The maximum absolute atomic E-state index is 6.07. The average Bonchev–Trinajstić information content (AvgIpc) is 3.59. The molecule has 5 aromatic rings. The number of aromatic amines is 1. The van der Waals surface area contributed by atoms with Crippen LogP contribution < -0.4 is 4.74 Å². The van der Waals surface area contributed by atoms with Gasteiger partial charge in [-0.05, 0) is 42.3 Å². The number of benzene rings is 2. The van der Waals surface area contributed by atoms with Crippen LogP contribution in [0.2, 0.25) is 0 Å². The van der Waals surface area contributed by atoms with E-state index in [1.807, 2.05) is 38.2 Å². The molecule has 9 heteroatoms. The predicted octanol–water partition coefficient (Wildman–Crippen LogP) is 4.14. The molecule has 33 heavy (non-hydrogen) atoms. The van der Waals surface area contributed by atoms with Gasteiger partial charge in [0.15, 0.2) is 11.6 Å². The quantitative estimate of drug-likeness (QED) is 0.371. The van der Waals surface area contributed by atoms with Crippen LogP contribution in [-0.4, -0.2) is 35.4 Å². The summed E-state index contributed by atoms with van der Waals surface area (Å²) in [4.78, 5) is 4.40. The van der Waals surface area contributed by atoms with Gasteiger partial charge in [0.1, 0.15) is 18.7 Å². The van der Waals surface area contributed by atoms with Gasteiger partial charge in [0.05, 0.1) is 5.92 Å². The Hall–Kier alpha value is -4.03. The van der Waals surface area contributed by atoms with Crippen LogP contribution in [-0.2, 0) is 20.1 Å². The largest absolute Gasteiger partial charge is 0.489 e. The molecule has 0 amide bonds. The summed E-state index contributed by atoms with van der Waals surface area (Å²) in [6, 6.07) is 14.4. The number of nitrogens with zero attached hydrogens (tertiary/aromatic N) is 6. The molecule has 0 bridgehead atoms. The van der Waals surface area contributed by atoms with Crippen molar-refractivity contribution in [2.75, 3.05) is 0 Å². The van der Waals surface area contributed by atoms with Gasteiger partial charge in [-0.3, -0.25) is 0 Å². The van der Waals surface area contributed by atoms with E-state index in [1.54, 1.807) is 22.3 Å². The lowest BCUT2D eigenvalue weighted by Crippen LogP contribution is -2.03. The fourth-order valence-electron chi connectivity index (χ4n) is 3.72. The second-order valence-corrected chi connectivity index (χ2v) is 8.44. The van der Waals surface area contributed by atoms with Crippen LogP contribution in [0.15, 0.2) is 54.2 Å². The predicted molar refractivity (Wildman–Crippen MR) is 127 cm³/mol. The van der Waals surface area contributed by atoms with Gasteiger partial charge in [-0.2, -0.15) is 10.3 Å². The number of aryl methyl sites for hydroxylation is 1. The van der Waals surface area contributed by atoms with Crippen LogP contribution in [0.3, 0.4) is 0 Å². The lowest BCUT2D eigenvalue weighted by Gasteiger charge is -2.11. The Morgan fingerprint density at radius 1 is 1.18 bits per heavy atom. The summed E-state index contributed by atoms with van der Waals surface area (Å²) in [6.45, 7) is 2.31. The fraction of sp³-hybridized carbons (Fsp3) is 0.208. The monoisotopic (exact) mass is 455 g/mol. The van der Waals surface area contributed by atoms with E-state index in [-0.39, 0.29) is 5.92 Å². The highest BCUT2D eigenvalue weighted by atomic mass is 32.1. The molecule has 8 nitrogen and oxygen atoms in total. The third-order valence-corrected chi connectivity index (χ3v) is 6.34. The molecular weight excluding hydrogens is 434 g/mol. The number of hydrogen-bond donors (Lipinski definition) is 1. The minimum absolute atomic E-state index is 0.00156. The zero-order valence-corrected chi connectivity index (χ0v) is 19.0. The van der Waals surface area contributed by atoms with Crippen molar-refractivity contribution in [2.24, 2.45) is 7.05 Å². The molecule has 0 aliphatic carbocycles. The van der Waals surface area contributed by atoms with Crippen molar-refractivity contribution in [1.29, 1.82) is 0 Å². The summed E-state index contributed by atoms with van der Waals surface area (Å²) in [5, 5.41) is 21.7. The van der Waals surface area contributed by atoms with Crippen molar-refractivity contribution in [1.82, 2.24) is 35.4 Å². The summed E-state index contributed by atoms with van der Waals surface area (Å²) in [5.41, 5.74) is 3.28. The summed E-state index contributed by atoms with van der Waals surface area (Å²) >= 11 is 1.71. The van der Waals surface area contributed by atoms with Crippen molar-refractivity contribution < 1.29 is 4.74 Å². The van der Waals surface area contributed by atoms with Crippen molar-refractivity contribution in [2.45, 2.75) is 25.9 Å². The number of ether oxygens (including phenoxy) is 1. The van der Waals surface area contributed by atoms with Gasteiger partial charge < -0.3 is 4.74 Å². The summed E-state index contributed by atoms with van der Waals surface area (Å²) in [7, 11) is 1.90. The van der Waals surface area contributed by atoms with Crippen LogP contribution in [0.1, 0.15) is 29.8 Å². The van der Waals surface area contributed by atoms with Gasteiger partial charge in [0.25, 0.3) is 0 Å². The zero-order chi connectivity index (χ0) is 22.6. The Bertz CT molecular complexity index is 1430. The number of thiophene rings is 1. The minimum atomic E-state index is 0.00156. The SMILES string of the molecule is CC#C[C@@H](Cc1nn[nH]n1)c1ccc(OCc2ccc3scc(-c4ncnn4C)c3c2)cc1. The first-order chi connectivity index (χ1) is 16.2. The highest BCUT2D eigenvalue weighted by Crippen LogP contribution is 2.33. The number of H-pyrrole nitrogens is 1. The van der Waals surface area contributed by atoms with Crippen LogP contribution in [0.25, 0.3) is 21.5 Å². The molecule has 2 aromatic carbocycles. The van der Waals surface area contributed by atoms with E-state index in [0.717, 1.165) is 33.7 Å². The molecule has 164 valence electrons. The molecule has 3 aromatic heterocycles. The number of rotatable bonds is 7. The van der Waals surface area contributed by atoms with Crippen LogP contribution in [0.5, 0.6) is 5.75 Å². The first-order valence-electron chi connectivity index (χ1n) is 10.4. The summed E-state index contributed by atoms with van der Waals surface area (Å²) in [5.74, 6) is 8.54. The Morgan fingerprint density at radius 3 is 2.79 bits per heavy atom. The van der Waals surface area contributed by atoms with Crippen molar-refractivity contribution in [3.05, 3.63) is 71.1 Å². The molecule has 0 unspecified atom stereocenters. The molecule has 3 heterocycles. The zero-order valence-electron chi connectivity index (χ0n) is 18.2. The molecule has 0 fully saturated rings. The van der Waals surface area contributed by atoms with E-state index >= 15 is 0 Å². The standard InChI is InChI=1S/C24H21N7OS/c1-3-4-18(12-23-27-29-30-28-23)17-6-8-19(9-7-17)32-13-16-5-10-22-20(11-16)21(14-33-22)24-25-15-26-31(24)2/h5-11,14-15,18H,12-13H2,1-2H3,(H,27,28,29,30)/t18-/m0/s1. The fourth-order valence-corrected chi connectivity index (χ4v) is 4.64. The molecule has 1 N–H and O–H groups in total. The van der Waals surface area contributed by atoms with E-state index in [4.69, 9.17) is 4.74 Å². The second-order valence-electron chi connectivity index (χ2n) is 7.52. The molecule has 1 atom stereocenters. The van der Waals surface area contributed by atoms with Gasteiger partial charge in [-0.25, -0.2) is 9.67 Å². The molecule has 0 saturated carbocycles. The van der Waals surface area contributed by atoms with Crippen molar-refractivity contribution in [3.8, 4) is 29.0 Å². The Morgan fingerprint density at radius 2 is 2.06 bits per heavy atom. The summed E-state index contributed by atoms with van der Waals surface area (Å²) in [6.07, 6.45) is 2.18. The minimum Gasteiger partial charge on any atom is -0.489 e. The van der Waals surface area contributed by atoms with Crippen LogP contribution >= 0.6 is 11.3 Å². The highest BCUT2D eigenvalue weighted by molar-refractivity contribution is 7.17. The van der Waals surface area contributed by atoms with Gasteiger partial charge >= 0.3 is 0 Å². The molecule has 0 aliphatic heterocycles. The van der Waals surface area contributed by atoms with Crippen molar-refractivity contribution in [3.63, 3.8) is 0 Å². The smallest absolute Gasteiger partial charge is 0.176 e. The molecule has 0 spiro atoms. The highest BCUT2D eigenvalue weighted by Gasteiger charge is 2.14. The third kappa shape index (κ3) is 4.47. The number of fused-ring (bicyclic) bond motifs is 1. The average molecular weight is 456 g/mol.